The van der Waals surface area contributed by atoms with Gasteiger partial charge in [0.2, 0.25) is 0 Å². The normalized spacial score (nSPS) is 15.4. The van der Waals surface area contributed by atoms with Crippen LogP contribution in [0.15, 0.2) is 18.2 Å². The van der Waals surface area contributed by atoms with Gasteiger partial charge < -0.3 is 10.8 Å². The number of halogens is 1. The topological polar surface area (TPSA) is 46.2 Å². The first-order valence-electron chi connectivity index (χ1n) is 4.25. The van der Waals surface area contributed by atoms with Crippen molar-refractivity contribution < 1.29 is 9.50 Å². The van der Waals surface area contributed by atoms with Gasteiger partial charge in [0.25, 0.3) is 0 Å². The molecule has 0 amide bonds. The zero-order chi connectivity index (χ0) is 10.1. The smallest absolute Gasteiger partial charge is 0.164 e. The predicted molar refractivity (Wildman–Crippen MR) is 49.9 cm³/mol. The number of rotatable bonds is 2. The minimum atomic E-state index is -0.615. The Hall–Kier alpha value is -1.09. The van der Waals surface area contributed by atoms with E-state index < -0.39 is 11.4 Å². The van der Waals surface area contributed by atoms with Crippen molar-refractivity contribution in [2.45, 2.75) is 25.8 Å². The molecule has 72 valence electrons. The Morgan fingerprint density at radius 1 is 1.54 bits per heavy atom. The molecule has 0 radical (unpaired) electrons. The van der Waals surface area contributed by atoms with Crippen LogP contribution in [-0.4, -0.2) is 5.11 Å². The summed E-state index contributed by atoms with van der Waals surface area (Å²) in [6.07, 6.45) is 0.734. The fraction of sp³-hybridized carbons (Fsp3) is 0.400. The third-order valence-electron chi connectivity index (χ3n) is 2.34. The van der Waals surface area contributed by atoms with E-state index in [-0.39, 0.29) is 5.75 Å². The molecule has 0 aliphatic carbocycles. The van der Waals surface area contributed by atoms with Crippen LogP contribution in [0.5, 0.6) is 5.75 Å². The predicted octanol–water partition coefficient (Wildman–Crippen LogP) is 2.12. The first-order valence-corrected chi connectivity index (χ1v) is 4.25. The summed E-state index contributed by atoms with van der Waals surface area (Å²) in [6, 6.07) is 4.20. The molecule has 0 heterocycles. The van der Waals surface area contributed by atoms with Crippen molar-refractivity contribution in [2.75, 3.05) is 0 Å². The highest BCUT2D eigenvalue weighted by atomic mass is 19.1. The second kappa shape index (κ2) is 3.34. The van der Waals surface area contributed by atoms with E-state index in [1.165, 1.54) is 12.1 Å². The standard InChI is InChI=1S/C10H14FNO/c1-3-10(2,12)7-4-5-8(11)9(13)6-7/h4-6,13H,3,12H2,1-2H3. The van der Waals surface area contributed by atoms with Gasteiger partial charge in [0, 0.05) is 5.54 Å². The van der Waals surface area contributed by atoms with Crippen LogP contribution >= 0.6 is 0 Å². The van der Waals surface area contributed by atoms with E-state index >= 15 is 0 Å². The molecule has 1 aromatic carbocycles. The van der Waals surface area contributed by atoms with E-state index in [0.29, 0.717) is 0 Å². The lowest BCUT2D eigenvalue weighted by molar-refractivity contribution is 0.422. The van der Waals surface area contributed by atoms with E-state index in [4.69, 9.17) is 10.8 Å². The minimum Gasteiger partial charge on any atom is -0.505 e. The molecule has 2 nitrogen and oxygen atoms in total. The average Bonchev–Trinajstić information content (AvgIpc) is 2.09. The fourth-order valence-corrected chi connectivity index (χ4v) is 1.07. The van der Waals surface area contributed by atoms with Gasteiger partial charge in [0.05, 0.1) is 0 Å². The minimum absolute atomic E-state index is 0.345. The summed E-state index contributed by atoms with van der Waals surface area (Å²) < 4.78 is 12.7. The largest absolute Gasteiger partial charge is 0.505 e. The molecule has 0 aliphatic rings. The average molecular weight is 183 g/mol. The van der Waals surface area contributed by atoms with Crippen LogP contribution in [0.3, 0.4) is 0 Å². The molecule has 0 saturated heterocycles. The summed E-state index contributed by atoms with van der Waals surface area (Å²) in [5, 5.41) is 9.13. The summed E-state index contributed by atoms with van der Waals surface area (Å²) in [6.45, 7) is 3.79. The number of nitrogens with two attached hydrogens (primary N) is 1. The Labute approximate surface area is 77.2 Å². The summed E-state index contributed by atoms with van der Waals surface area (Å²) in [5.41, 5.74) is 6.16. The Balaban J connectivity index is 3.10. The molecule has 13 heavy (non-hydrogen) atoms. The van der Waals surface area contributed by atoms with E-state index in [1.54, 1.807) is 6.07 Å². The number of aromatic hydroxyl groups is 1. The Morgan fingerprint density at radius 2 is 2.15 bits per heavy atom. The third kappa shape index (κ3) is 1.98. The monoisotopic (exact) mass is 183 g/mol. The lowest BCUT2D eigenvalue weighted by Gasteiger charge is -2.23. The van der Waals surface area contributed by atoms with Gasteiger partial charge in [-0.1, -0.05) is 13.0 Å². The molecule has 3 heteroatoms. The number of phenols is 1. The highest BCUT2D eigenvalue weighted by Gasteiger charge is 2.19. The van der Waals surface area contributed by atoms with Gasteiger partial charge in [-0.3, -0.25) is 0 Å². The van der Waals surface area contributed by atoms with Crippen LogP contribution in [0.2, 0.25) is 0 Å². The first kappa shape index (κ1) is 9.99. The fourth-order valence-electron chi connectivity index (χ4n) is 1.07. The molecule has 0 saturated carbocycles. The van der Waals surface area contributed by atoms with E-state index in [0.717, 1.165) is 12.0 Å². The van der Waals surface area contributed by atoms with Crippen LogP contribution in [0.1, 0.15) is 25.8 Å². The summed E-state index contributed by atoms with van der Waals surface area (Å²) in [7, 11) is 0. The number of hydrogen-bond donors (Lipinski definition) is 2. The summed E-state index contributed by atoms with van der Waals surface area (Å²) in [4.78, 5) is 0. The lowest BCUT2D eigenvalue weighted by atomic mass is 9.90. The number of hydrogen-bond acceptors (Lipinski definition) is 2. The quantitative estimate of drug-likeness (QED) is 0.737. The second-order valence-electron chi connectivity index (χ2n) is 3.44. The van der Waals surface area contributed by atoms with E-state index in [2.05, 4.69) is 0 Å². The number of phenolic OH excluding ortho intramolecular Hbond substituents is 1. The van der Waals surface area contributed by atoms with Gasteiger partial charge in [0.15, 0.2) is 11.6 Å². The maximum absolute atomic E-state index is 12.7. The second-order valence-corrected chi connectivity index (χ2v) is 3.44. The highest BCUT2D eigenvalue weighted by Crippen LogP contribution is 2.26. The number of benzene rings is 1. The van der Waals surface area contributed by atoms with Crippen LogP contribution in [0.25, 0.3) is 0 Å². The van der Waals surface area contributed by atoms with Crippen LogP contribution in [0, 0.1) is 5.82 Å². The van der Waals surface area contributed by atoms with Crippen molar-refractivity contribution >= 4 is 0 Å². The SMILES string of the molecule is CCC(C)(N)c1ccc(F)c(O)c1. The van der Waals surface area contributed by atoms with Crippen molar-refractivity contribution in [3.05, 3.63) is 29.6 Å². The Bertz CT molecular complexity index is 310. The molecule has 0 spiro atoms. The molecular formula is C10H14FNO. The van der Waals surface area contributed by atoms with E-state index in [9.17, 15) is 4.39 Å². The van der Waals surface area contributed by atoms with Crippen LogP contribution in [-0.2, 0) is 5.54 Å². The molecule has 1 atom stereocenters. The van der Waals surface area contributed by atoms with Crippen molar-refractivity contribution in [2.24, 2.45) is 5.73 Å². The van der Waals surface area contributed by atoms with Gasteiger partial charge in [-0.2, -0.15) is 0 Å². The van der Waals surface area contributed by atoms with Gasteiger partial charge in [-0.15, -0.1) is 0 Å². The van der Waals surface area contributed by atoms with Crippen molar-refractivity contribution in [1.82, 2.24) is 0 Å². The third-order valence-corrected chi connectivity index (χ3v) is 2.34. The maximum Gasteiger partial charge on any atom is 0.164 e. The first-order chi connectivity index (χ1) is 5.97. The summed E-state index contributed by atoms with van der Waals surface area (Å²) in [5.74, 6) is -0.960. The lowest BCUT2D eigenvalue weighted by Crippen LogP contribution is -2.31. The Kier molecular flexibility index (Phi) is 2.57. The molecule has 0 bridgehead atoms. The van der Waals surface area contributed by atoms with Gasteiger partial charge in [-0.05, 0) is 31.0 Å². The molecule has 1 rings (SSSR count). The van der Waals surface area contributed by atoms with Crippen LogP contribution < -0.4 is 5.73 Å². The van der Waals surface area contributed by atoms with E-state index in [1.807, 2.05) is 13.8 Å². The molecule has 0 aliphatic heterocycles. The highest BCUT2D eigenvalue weighted by molar-refractivity contribution is 5.33. The maximum atomic E-state index is 12.7. The zero-order valence-corrected chi connectivity index (χ0v) is 7.84. The zero-order valence-electron chi connectivity index (χ0n) is 7.84. The van der Waals surface area contributed by atoms with Crippen molar-refractivity contribution in [3.63, 3.8) is 0 Å². The van der Waals surface area contributed by atoms with Gasteiger partial charge in [0.1, 0.15) is 0 Å². The molecular weight excluding hydrogens is 169 g/mol. The van der Waals surface area contributed by atoms with Crippen LogP contribution in [0.4, 0.5) is 4.39 Å². The van der Waals surface area contributed by atoms with Gasteiger partial charge in [-0.25, -0.2) is 4.39 Å². The molecule has 1 unspecified atom stereocenters. The molecule has 3 N–H and O–H groups in total. The van der Waals surface area contributed by atoms with Crippen molar-refractivity contribution in [3.8, 4) is 5.75 Å². The summed E-state index contributed by atoms with van der Waals surface area (Å²) >= 11 is 0. The Morgan fingerprint density at radius 3 is 2.62 bits per heavy atom. The molecule has 1 aromatic rings. The molecule has 0 fully saturated rings. The van der Waals surface area contributed by atoms with Gasteiger partial charge >= 0.3 is 0 Å². The molecule has 0 aromatic heterocycles. The van der Waals surface area contributed by atoms with Crippen molar-refractivity contribution in [1.29, 1.82) is 0 Å².